The molecule has 0 bridgehead atoms. The molecule has 0 heterocycles. The SMILES string of the molecule is O=C(CO)[C@H](O)[C@@H](O)[C@H](O)CO.[H-].[K+]. The molecule has 0 fully saturated rings. The molecule has 0 unspecified atom stereocenters. The minimum absolute atomic E-state index is 0. The van der Waals surface area contributed by atoms with Gasteiger partial charge in [0.15, 0.2) is 5.78 Å². The Labute approximate surface area is 119 Å². The summed E-state index contributed by atoms with van der Waals surface area (Å²) in [5.74, 6) is -1.00. The van der Waals surface area contributed by atoms with Gasteiger partial charge in [-0.3, -0.25) is 4.79 Å². The molecular formula is C6H13KO6. The first kappa shape index (κ1) is 16.5. The van der Waals surface area contributed by atoms with Crippen molar-refractivity contribution in [1.82, 2.24) is 0 Å². The number of hydrogen-bond donors (Lipinski definition) is 5. The number of hydrogen-bond acceptors (Lipinski definition) is 6. The summed E-state index contributed by atoms with van der Waals surface area (Å²) in [6.07, 6.45) is -5.22. The molecule has 3 atom stereocenters. The largest absolute Gasteiger partial charge is 1.00 e. The monoisotopic (exact) mass is 220 g/mol. The minimum Gasteiger partial charge on any atom is -1.00 e. The zero-order valence-corrected chi connectivity index (χ0v) is 10.4. The van der Waals surface area contributed by atoms with Crippen LogP contribution in [0.2, 0.25) is 0 Å². The third kappa shape index (κ3) is 5.52. The molecule has 0 aromatic rings. The van der Waals surface area contributed by atoms with E-state index < -0.39 is 37.3 Å². The van der Waals surface area contributed by atoms with Crippen LogP contribution in [0.15, 0.2) is 0 Å². The van der Waals surface area contributed by atoms with Crippen LogP contribution in [-0.4, -0.2) is 62.8 Å². The summed E-state index contributed by atoms with van der Waals surface area (Å²) in [7, 11) is 0. The summed E-state index contributed by atoms with van der Waals surface area (Å²) in [4.78, 5) is 10.5. The predicted octanol–water partition coefficient (Wildman–Crippen LogP) is -6.26. The Bertz CT molecular complexity index is 157. The van der Waals surface area contributed by atoms with Crippen LogP contribution in [-0.2, 0) is 4.79 Å². The molecule has 0 amide bonds. The van der Waals surface area contributed by atoms with Gasteiger partial charge in [0.1, 0.15) is 24.9 Å². The van der Waals surface area contributed by atoms with Crippen molar-refractivity contribution in [1.29, 1.82) is 0 Å². The van der Waals surface area contributed by atoms with Gasteiger partial charge in [-0.05, 0) is 0 Å². The molecule has 7 heteroatoms. The van der Waals surface area contributed by atoms with Crippen molar-refractivity contribution in [3.8, 4) is 0 Å². The molecule has 5 N–H and O–H groups in total. The molecule has 0 saturated carbocycles. The Morgan fingerprint density at radius 2 is 1.69 bits per heavy atom. The molecule has 0 rings (SSSR count). The standard InChI is InChI=1S/C6H12O6.K.H/c7-1-3(9)5(11)6(12)4(10)2-8;;/h3,5-9,11-12H,1-2H2;;/q;+1;-1/t3-,5+,6+;;/m1../s1. The average Bonchev–Trinajstić information content (AvgIpc) is 2.12. The zero-order valence-electron chi connectivity index (χ0n) is 8.29. The minimum atomic E-state index is -1.86. The molecule has 13 heavy (non-hydrogen) atoms. The van der Waals surface area contributed by atoms with E-state index in [1.54, 1.807) is 0 Å². The number of Topliss-reactive ketones (excluding diaryl/α,β-unsaturated/α-hetero) is 1. The van der Waals surface area contributed by atoms with Crippen LogP contribution in [0, 0.1) is 0 Å². The summed E-state index contributed by atoms with van der Waals surface area (Å²) in [5, 5.41) is 43.1. The summed E-state index contributed by atoms with van der Waals surface area (Å²) in [5.41, 5.74) is 0. The molecule has 74 valence electrons. The Morgan fingerprint density at radius 3 is 2.00 bits per heavy atom. The summed E-state index contributed by atoms with van der Waals surface area (Å²) in [6, 6.07) is 0. The van der Waals surface area contributed by atoms with E-state index in [9.17, 15) is 4.79 Å². The first-order chi connectivity index (χ1) is 5.54. The molecule has 0 aromatic carbocycles. The van der Waals surface area contributed by atoms with Gasteiger partial charge in [0.2, 0.25) is 0 Å². The first-order valence-electron chi connectivity index (χ1n) is 3.33. The van der Waals surface area contributed by atoms with Crippen molar-refractivity contribution < 1.29 is 83.1 Å². The number of ketones is 1. The van der Waals surface area contributed by atoms with Gasteiger partial charge in [0, 0.05) is 0 Å². The fourth-order valence-electron chi connectivity index (χ4n) is 0.602. The van der Waals surface area contributed by atoms with Crippen LogP contribution in [0.5, 0.6) is 0 Å². The van der Waals surface area contributed by atoms with E-state index in [0.29, 0.717) is 0 Å². The molecule has 0 aromatic heterocycles. The number of rotatable bonds is 5. The smallest absolute Gasteiger partial charge is 1.00 e. The fourth-order valence-corrected chi connectivity index (χ4v) is 0.602. The summed E-state index contributed by atoms with van der Waals surface area (Å²) < 4.78 is 0. The summed E-state index contributed by atoms with van der Waals surface area (Å²) >= 11 is 0. The van der Waals surface area contributed by atoms with Gasteiger partial charge in [-0.15, -0.1) is 0 Å². The normalized spacial score (nSPS) is 17.0. The van der Waals surface area contributed by atoms with Crippen LogP contribution >= 0.6 is 0 Å². The van der Waals surface area contributed by atoms with Gasteiger partial charge >= 0.3 is 51.4 Å². The van der Waals surface area contributed by atoms with Gasteiger partial charge in [0.25, 0.3) is 0 Å². The van der Waals surface area contributed by atoms with Crippen LogP contribution < -0.4 is 51.4 Å². The second kappa shape index (κ2) is 8.42. The molecule has 0 aliphatic rings. The van der Waals surface area contributed by atoms with E-state index in [0.717, 1.165) is 0 Å². The first-order valence-corrected chi connectivity index (χ1v) is 3.33. The van der Waals surface area contributed by atoms with Crippen LogP contribution in [0.25, 0.3) is 0 Å². The zero-order chi connectivity index (χ0) is 9.72. The molecule has 0 saturated heterocycles. The Balaban J connectivity index is -0.000000605. The van der Waals surface area contributed by atoms with Gasteiger partial charge in [-0.25, -0.2) is 0 Å². The van der Waals surface area contributed by atoms with Crippen LogP contribution in [0.3, 0.4) is 0 Å². The molecule has 0 radical (unpaired) electrons. The Kier molecular flexibility index (Phi) is 10.7. The van der Waals surface area contributed by atoms with Crippen molar-refractivity contribution in [3.63, 3.8) is 0 Å². The van der Waals surface area contributed by atoms with E-state index in [1.807, 2.05) is 0 Å². The summed E-state index contributed by atoms with van der Waals surface area (Å²) in [6.45, 7) is -1.69. The van der Waals surface area contributed by atoms with Gasteiger partial charge in [-0.1, -0.05) is 0 Å². The van der Waals surface area contributed by atoms with Crippen LogP contribution in [0.1, 0.15) is 1.43 Å². The maximum Gasteiger partial charge on any atom is 1.00 e. The molecule has 0 aliphatic carbocycles. The average molecular weight is 220 g/mol. The van der Waals surface area contributed by atoms with E-state index >= 15 is 0 Å². The maximum absolute atomic E-state index is 10.5. The third-order valence-electron chi connectivity index (χ3n) is 1.39. The van der Waals surface area contributed by atoms with E-state index in [4.69, 9.17) is 25.5 Å². The molecule has 0 spiro atoms. The fraction of sp³-hybridized carbons (Fsp3) is 0.833. The second-order valence-corrected chi connectivity index (χ2v) is 2.31. The number of carbonyl (C=O) groups excluding carboxylic acids is 1. The topological polar surface area (TPSA) is 118 Å². The third-order valence-corrected chi connectivity index (χ3v) is 1.39. The van der Waals surface area contributed by atoms with Crippen molar-refractivity contribution in [2.24, 2.45) is 0 Å². The number of aliphatic hydroxyl groups excluding tert-OH is 5. The van der Waals surface area contributed by atoms with Crippen molar-refractivity contribution in [2.45, 2.75) is 18.3 Å². The van der Waals surface area contributed by atoms with Gasteiger partial charge in [-0.2, -0.15) is 0 Å². The van der Waals surface area contributed by atoms with E-state index in [2.05, 4.69) is 0 Å². The van der Waals surface area contributed by atoms with Gasteiger partial charge in [0.05, 0.1) is 6.61 Å². The Hall–Kier alpha value is 1.11. The van der Waals surface area contributed by atoms with Crippen molar-refractivity contribution in [3.05, 3.63) is 0 Å². The van der Waals surface area contributed by atoms with Gasteiger partial charge < -0.3 is 27.0 Å². The maximum atomic E-state index is 10.5. The van der Waals surface area contributed by atoms with E-state index in [1.165, 1.54) is 0 Å². The number of aliphatic hydroxyl groups is 5. The predicted molar refractivity (Wildman–Crippen MR) is 38.3 cm³/mol. The van der Waals surface area contributed by atoms with E-state index in [-0.39, 0.29) is 52.8 Å². The Morgan fingerprint density at radius 1 is 1.23 bits per heavy atom. The van der Waals surface area contributed by atoms with Crippen molar-refractivity contribution in [2.75, 3.05) is 13.2 Å². The van der Waals surface area contributed by atoms with Crippen molar-refractivity contribution >= 4 is 5.78 Å². The number of carbonyl (C=O) groups is 1. The molecule has 0 aliphatic heterocycles. The molecular weight excluding hydrogens is 207 g/mol. The van der Waals surface area contributed by atoms with Crippen LogP contribution in [0.4, 0.5) is 0 Å². The molecule has 6 nitrogen and oxygen atoms in total. The second-order valence-electron chi connectivity index (χ2n) is 2.31. The quantitative estimate of drug-likeness (QED) is 0.294.